The lowest BCUT2D eigenvalue weighted by molar-refractivity contribution is -0.226. The molecule has 1 fully saturated rings. The Morgan fingerprint density at radius 1 is 1.00 bits per heavy atom. The molecule has 0 amide bonds. The van der Waals surface area contributed by atoms with Crippen molar-refractivity contribution in [1.82, 2.24) is 0 Å². The summed E-state index contributed by atoms with van der Waals surface area (Å²) in [7, 11) is 0. The molecule has 8 atom stereocenters. The van der Waals surface area contributed by atoms with Gasteiger partial charge in [-0.1, -0.05) is 48.0 Å². The molecule has 1 saturated heterocycles. The van der Waals surface area contributed by atoms with Crippen LogP contribution in [0.1, 0.15) is 54.4 Å². The number of hydrogen-bond donors (Lipinski definition) is 0. The van der Waals surface area contributed by atoms with E-state index in [0.717, 1.165) is 13.0 Å². The molecule has 2 aliphatic heterocycles. The average Bonchev–Trinajstić information content (AvgIpc) is 2.62. The minimum Gasteiger partial charge on any atom is -0.496 e. The van der Waals surface area contributed by atoms with E-state index in [-0.39, 0.29) is 18.5 Å². The second kappa shape index (κ2) is 7.83. The van der Waals surface area contributed by atoms with Crippen LogP contribution in [0.25, 0.3) is 0 Å². The van der Waals surface area contributed by atoms with Gasteiger partial charge in [0.15, 0.2) is 6.29 Å². The lowest BCUT2D eigenvalue weighted by atomic mass is 9.77. The third-order valence-corrected chi connectivity index (χ3v) is 6.04. The van der Waals surface area contributed by atoms with Crippen LogP contribution in [0.4, 0.5) is 0 Å². The van der Waals surface area contributed by atoms with Crippen molar-refractivity contribution in [3.63, 3.8) is 0 Å². The standard InChI is InChI=1S/C19H34O3/c1-7-16-11-21-19(15(6)13(4)14(16)5)22-18-12(3)9-10-20-17(18)8-2/h9-10,12-19H,7-8,11H2,1-6H3. The Hall–Kier alpha value is -0.540. The second-order valence-electron chi connectivity index (χ2n) is 7.32. The normalized spacial score (nSPS) is 46.1. The van der Waals surface area contributed by atoms with Crippen LogP contribution in [-0.2, 0) is 14.2 Å². The predicted molar refractivity (Wildman–Crippen MR) is 89.4 cm³/mol. The van der Waals surface area contributed by atoms with Crippen molar-refractivity contribution < 1.29 is 14.2 Å². The van der Waals surface area contributed by atoms with E-state index in [4.69, 9.17) is 14.2 Å². The van der Waals surface area contributed by atoms with Gasteiger partial charge >= 0.3 is 0 Å². The maximum atomic E-state index is 6.45. The summed E-state index contributed by atoms with van der Waals surface area (Å²) < 4.78 is 18.4. The molecule has 0 spiro atoms. The van der Waals surface area contributed by atoms with Gasteiger partial charge in [0.25, 0.3) is 0 Å². The highest BCUT2D eigenvalue weighted by molar-refractivity contribution is 4.95. The van der Waals surface area contributed by atoms with Crippen LogP contribution in [0.15, 0.2) is 12.3 Å². The third-order valence-electron chi connectivity index (χ3n) is 6.04. The summed E-state index contributed by atoms with van der Waals surface area (Å²) >= 11 is 0. The molecule has 0 bridgehead atoms. The molecular weight excluding hydrogens is 276 g/mol. The SMILES string of the molecule is CCC1COC(OC2C(C)C=COC2CC)C(C)C(C)C1C. The quantitative estimate of drug-likeness (QED) is 0.758. The van der Waals surface area contributed by atoms with Gasteiger partial charge in [-0.25, -0.2) is 0 Å². The van der Waals surface area contributed by atoms with Gasteiger partial charge in [-0.15, -0.1) is 0 Å². The highest BCUT2D eigenvalue weighted by atomic mass is 16.7. The summed E-state index contributed by atoms with van der Waals surface area (Å²) in [6, 6.07) is 0. The highest BCUT2D eigenvalue weighted by Gasteiger charge is 2.39. The van der Waals surface area contributed by atoms with E-state index in [2.05, 4.69) is 47.6 Å². The van der Waals surface area contributed by atoms with Crippen molar-refractivity contribution in [3.05, 3.63) is 12.3 Å². The molecule has 2 rings (SSSR count). The first-order chi connectivity index (χ1) is 10.5. The number of ether oxygens (including phenoxy) is 3. The molecule has 0 aromatic rings. The van der Waals surface area contributed by atoms with Gasteiger partial charge < -0.3 is 14.2 Å². The molecule has 0 N–H and O–H groups in total. The zero-order valence-electron chi connectivity index (χ0n) is 15.1. The fraction of sp³-hybridized carbons (Fsp3) is 0.895. The van der Waals surface area contributed by atoms with Crippen molar-refractivity contribution in [1.29, 1.82) is 0 Å². The maximum Gasteiger partial charge on any atom is 0.160 e. The van der Waals surface area contributed by atoms with E-state index >= 15 is 0 Å². The first kappa shape index (κ1) is 17.8. The van der Waals surface area contributed by atoms with Gasteiger partial charge in [-0.05, 0) is 30.3 Å². The average molecular weight is 310 g/mol. The van der Waals surface area contributed by atoms with Crippen LogP contribution >= 0.6 is 0 Å². The molecule has 22 heavy (non-hydrogen) atoms. The van der Waals surface area contributed by atoms with Gasteiger partial charge in [0.05, 0.1) is 12.9 Å². The maximum absolute atomic E-state index is 6.45. The van der Waals surface area contributed by atoms with Crippen molar-refractivity contribution >= 4 is 0 Å². The summed E-state index contributed by atoms with van der Waals surface area (Å²) in [5.74, 6) is 2.69. The van der Waals surface area contributed by atoms with Crippen molar-refractivity contribution in [2.24, 2.45) is 29.6 Å². The Balaban J connectivity index is 2.09. The Morgan fingerprint density at radius 2 is 1.73 bits per heavy atom. The monoisotopic (exact) mass is 310 g/mol. The molecule has 0 aromatic carbocycles. The van der Waals surface area contributed by atoms with Gasteiger partial charge in [-0.2, -0.15) is 0 Å². The van der Waals surface area contributed by atoms with Crippen LogP contribution in [0.2, 0.25) is 0 Å². The number of hydrogen-bond acceptors (Lipinski definition) is 3. The lowest BCUT2D eigenvalue weighted by Gasteiger charge is -2.37. The minimum absolute atomic E-state index is 0.0862. The van der Waals surface area contributed by atoms with Crippen molar-refractivity contribution in [2.45, 2.75) is 72.9 Å². The smallest absolute Gasteiger partial charge is 0.160 e. The molecule has 8 unspecified atom stereocenters. The molecule has 3 nitrogen and oxygen atoms in total. The molecule has 3 heteroatoms. The van der Waals surface area contributed by atoms with Crippen molar-refractivity contribution in [3.8, 4) is 0 Å². The van der Waals surface area contributed by atoms with E-state index < -0.39 is 0 Å². The van der Waals surface area contributed by atoms with Gasteiger partial charge in [0, 0.05) is 11.8 Å². The van der Waals surface area contributed by atoms with Crippen LogP contribution in [-0.4, -0.2) is 25.1 Å². The van der Waals surface area contributed by atoms with Crippen molar-refractivity contribution in [2.75, 3.05) is 6.61 Å². The molecule has 0 aromatic heterocycles. The Labute approximate surface area is 136 Å². The second-order valence-corrected chi connectivity index (χ2v) is 7.32. The van der Waals surface area contributed by atoms with E-state index in [1.165, 1.54) is 6.42 Å². The first-order valence-electron chi connectivity index (χ1n) is 9.08. The molecule has 128 valence electrons. The minimum atomic E-state index is -0.120. The Kier molecular flexibility index (Phi) is 6.34. The largest absolute Gasteiger partial charge is 0.496 e. The topological polar surface area (TPSA) is 27.7 Å². The van der Waals surface area contributed by atoms with E-state index in [1.807, 2.05) is 6.26 Å². The highest BCUT2D eigenvalue weighted by Crippen LogP contribution is 2.37. The van der Waals surface area contributed by atoms with Crippen LogP contribution in [0.3, 0.4) is 0 Å². The van der Waals surface area contributed by atoms with Gasteiger partial charge in [0.2, 0.25) is 0 Å². The van der Waals surface area contributed by atoms with Crippen LogP contribution in [0.5, 0.6) is 0 Å². The van der Waals surface area contributed by atoms with E-state index in [1.54, 1.807) is 0 Å². The Morgan fingerprint density at radius 3 is 2.36 bits per heavy atom. The summed E-state index contributed by atoms with van der Waals surface area (Å²) in [4.78, 5) is 0. The van der Waals surface area contributed by atoms with Gasteiger partial charge in [0.1, 0.15) is 12.2 Å². The first-order valence-corrected chi connectivity index (χ1v) is 9.08. The third kappa shape index (κ3) is 3.68. The summed E-state index contributed by atoms with van der Waals surface area (Å²) in [5, 5.41) is 0. The summed E-state index contributed by atoms with van der Waals surface area (Å²) in [5.41, 5.74) is 0. The van der Waals surface area contributed by atoms with E-state index in [0.29, 0.717) is 29.6 Å². The number of rotatable bonds is 4. The van der Waals surface area contributed by atoms with Gasteiger partial charge in [-0.3, -0.25) is 0 Å². The zero-order valence-corrected chi connectivity index (χ0v) is 15.1. The van der Waals surface area contributed by atoms with Crippen LogP contribution < -0.4 is 0 Å². The van der Waals surface area contributed by atoms with Crippen LogP contribution in [0, 0.1) is 29.6 Å². The Bertz CT molecular complexity index is 368. The molecule has 0 saturated carbocycles. The van der Waals surface area contributed by atoms with E-state index in [9.17, 15) is 0 Å². The summed E-state index contributed by atoms with van der Waals surface area (Å²) in [6.45, 7) is 14.4. The molecule has 0 radical (unpaired) electrons. The lowest BCUT2D eigenvalue weighted by Crippen LogP contribution is -2.43. The summed E-state index contributed by atoms with van der Waals surface area (Å²) in [6.07, 6.45) is 6.16. The molecule has 2 aliphatic rings. The zero-order chi connectivity index (χ0) is 16.3. The predicted octanol–water partition coefficient (Wildman–Crippen LogP) is 4.62. The molecular formula is C19H34O3. The fourth-order valence-corrected chi connectivity index (χ4v) is 3.82. The molecule has 2 heterocycles. The molecule has 0 aliphatic carbocycles. The fourth-order valence-electron chi connectivity index (χ4n) is 3.82.